The number of halogens is 3. The molecule has 0 saturated heterocycles. The van der Waals surface area contributed by atoms with E-state index in [9.17, 15) is 13.6 Å². The smallest absolute Gasteiger partial charge is 0.336 e. The molecule has 0 saturated carbocycles. The summed E-state index contributed by atoms with van der Waals surface area (Å²) in [5.74, 6) is -2.80. The second-order valence-corrected chi connectivity index (χ2v) is 3.78. The maximum Gasteiger partial charge on any atom is 0.336 e. The molecule has 1 aromatic heterocycles. The maximum absolute atomic E-state index is 13.5. The van der Waals surface area contributed by atoms with Crippen molar-refractivity contribution in [3.63, 3.8) is 0 Å². The van der Waals surface area contributed by atoms with Crippen molar-refractivity contribution in [2.75, 3.05) is 12.4 Å². The molecule has 1 amide bonds. The number of methoxy groups -OCH3 is 1. The van der Waals surface area contributed by atoms with Gasteiger partial charge in [-0.25, -0.2) is 13.9 Å². The standard InChI is InChI=1S/C10H7ClF2N4O2/c1-19-10-15-9(16-17-10)14-8(18)4-2-7(13)5(11)3-6(4)12/h2-3H,1H3,(H2,14,15,16,17,18). The van der Waals surface area contributed by atoms with Crippen LogP contribution in [0.4, 0.5) is 14.7 Å². The number of ether oxygens (including phenoxy) is 1. The minimum atomic E-state index is -0.949. The highest BCUT2D eigenvalue weighted by Crippen LogP contribution is 2.20. The minimum absolute atomic E-state index is 0.00180. The van der Waals surface area contributed by atoms with Crippen LogP contribution in [-0.4, -0.2) is 28.2 Å². The van der Waals surface area contributed by atoms with Gasteiger partial charge in [-0.2, -0.15) is 4.98 Å². The summed E-state index contributed by atoms with van der Waals surface area (Å²) in [6.45, 7) is 0. The third-order valence-electron chi connectivity index (χ3n) is 2.13. The number of aromatic amines is 1. The Balaban J connectivity index is 2.22. The second kappa shape index (κ2) is 5.19. The SMILES string of the molecule is COc1n[nH]c(NC(=O)c2cc(F)c(Cl)cc2F)n1. The van der Waals surface area contributed by atoms with Crippen LogP contribution >= 0.6 is 11.6 Å². The zero-order valence-electron chi connectivity index (χ0n) is 9.50. The Morgan fingerprint density at radius 3 is 2.79 bits per heavy atom. The first kappa shape index (κ1) is 13.2. The largest absolute Gasteiger partial charge is 0.466 e. The Bertz CT molecular complexity index is 632. The van der Waals surface area contributed by atoms with E-state index in [0.29, 0.717) is 12.1 Å². The summed E-state index contributed by atoms with van der Waals surface area (Å²) in [5.41, 5.74) is -0.503. The van der Waals surface area contributed by atoms with Crippen LogP contribution in [0.1, 0.15) is 10.4 Å². The lowest BCUT2D eigenvalue weighted by Crippen LogP contribution is -2.15. The molecule has 2 rings (SSSR count). The van der Waals surface area contributed by atoms with E-state index < -0.39 is 28.1 Å². The fraction of sp³-hybridized carbons (Fsp3) is 0.100. The van der Waals surface area contributed by atoms with Crippen LogP contribution in [0.5, 0.6) is 6.01 Å². The van der Waals surface area contributed by atoms with Crippen LogP contribution in [0.15, 0.2) is 12.1 Å². The molecule has 9 heteroatoms. The predicted molar refractivity (Wildman–Crippen MR) is 62.3 cm³/mol. The number of hydrogen-bond donors (Lipinski definition) is 2. The minimum Gasteiger partial charge on any atom is -0.466 e. The highest BCUT2D eigenvalue weighted by Gasteiger charge is 2.17. The molecule has 0 radical (unpaired) electrons. The zero-order valence-corrected chi connectivity index (χ0v) is 10.3. The number of aromatic nitrogens is 3. The van der Waals surface area contributed by atoms with Gasteiger partial charge in [-0.05, 0) is 12.1 Å². The molecule has 1 heterocycles. The van der Waals surface area contributed by atoms with Gasteiger partial charge in [0.05, 0.1) is 17.7 Å². The number of anilines is 1. The van der Waals surface area contributed by atoms with Crippen molar-refractivity contribution in [3.05, 3.63) is 34.4 Å². The van der Waals surface area contributed by atoms with E-state index in [1.165, 1.54) is 7.11 Å². The molecule has 100 valence electrons. The summed E-state index contributed by atoms with van der Waals surface area (Å²) < 4.78 is 31.3. The number of amides is 1. The average molecular weight is 289 g/mol. The second-order valence-electron chi connectivity index (χ2n) is 3.37. The van der Waals surface area contributed by atoms with Crippen molar-refractivity contribution in [2.24, 2.45) is 0 Å². The van der Waals surface area contributed by atoms with Crippen molar-refractivity contribution in [2.45, 2.75) is 0 Å². The van der Waals surface area contributed by atoms with Crippen molar-refractivity contribution >= 4 is 23.5 Å². The van der Waals surface area contributed by atoms with Crippen molar-refractivity contribution < 1.29 is 18.3 Å². The first-order valence-corrected chi connectivity index (χ1v) is 5.31. The summed E-state index contributed by atoms with van der Waals surface area (Å²) in [6, 6.07) is 1.41. The van der Waals surface area contributed by atoms with Gasteiger partial charge >= 0.3 is 6.01 Å². The third kappa shape index (κ3) is 2.79. The highest BCUT2D eigenvalue weighted by atomic mass is 35.5. The van der Waals surface area contributed by atoms with Crippen LogP contribution in [0, 0.1) is 11.6 Å². The third-order valence-corrected chi connectivity index (χ3v) is 2.42. The number of carbonyl (C=O) groups excluding carboxylic acids is 1. The first-order chi connectivity index (χ1) is 9.01. The fourth-order valence-corrected chi connectivity index (χ4v) is 1.42. The van der Waals surface area contributed by atoms with Crippen LogP contribution in [-0.2, 0) is 0 Å². The van der Waals surface area contributed by atoms with Gasteiger partial charge in [-0.3, -0.25) is 10.1 Å². The van der Waals surface area contributed by atoms with Crippen LogP contribution in [0.2, 0.25) is 5.02 Å². The zero-order chi connectivity index (χ0) is 14.0. The molecule has 2 aromatic rings. The Labute approximate surface area is 110 Å². The van der Waals surface area contributed by atoms with E-state index in [1.807, 2.05) is 0 Å². The van der Waals surface area contributed by atoms with E-state index in [0.717, 1.165) is 0 Å². The van der Waals surface area contributed by atoms with Crippen LogP contribution < -0.4 is 10.1 Å². The number of carbonyl (C=O) groups is 1. The Morgan fingerprint density at radius 2 is 2.16 bits per heavy atom. The summed E-state index contributed by atoms with van der Waals surface area (Å²) in [6.07, 6.45) is 0. The molecule has 0 spiro atoms. The van der Waals surface area contributed by atoms with Gasteiger partial charge in [0, 0.05) is 0 Å². The lowest BCUT2D eigenvalue weighted by Gasteiger charge is -2.04. The molecule has 0 unspecified atom stereocenters. The summed E-state index contributed by atoms with van der Waals surface area (Å²) in [4.78, 5) is 15.4. The van der Waals surface area contributed by atoms with Crippen LogP contribution in [0.25, 0.3) is 0 Å². The van der Waals surface area contributed by atoms with Gasteiger partial charge in [0.1, 0.15) is 11.6 Å². The molecule has 6 nitrogen and oxygen atoms in total. The monoisotopic (exact) mass is 288 g/mol. The molecule has 0 aliphatic rings. The molecular weight excluding hydrogens is 282 g/mol. The van der Waals surface area contributed by atoms with E-state index in [2.05, 4.69) is 25.2 Å². The predicted octanol–water partition coefficient (Wildman–Crippen LogP) is 2.00. The molecule has 0 aliphatic carbocycles. The van der Waals surface area contributed by atoms with E-state index in [1.54, 1.807) is 0 Å². The fourth-order valence-electron chi connectivity index (χ4n) is 1.27. The van der Waals surface area contributed by atoms with Crippen molar-refractivity contribution in [1.29, 1.82) is 0 Å². The topological polar surface area (TPSA) is 79.9 Å². The molecule has 0 atom stereocenters. The quantitative estimate of drug-likeness (QED) is 0.847. The molecule has 1 aromatic carbocycles. The normalized spacial score (nSPS) is 10.3. The van der Waals surface area contributed by atoms with Crippen molar-refractivity contribution in [3.8, 4) is 6.01 Å². The Kier molecular flexibility index (Phi) is 3.61. The van der Waals surface area contributed by atoms with E-state index in [4.69, 9.17) is 11.6 Å². The number of benzene rings is 1. The molecule has 19 heavy (non-hydrogen) atoms. The van der Waals surface area contributed by atoms with Gasteiger partial charge in [-0.1, -0.05) is 11.6 Å². The van der Waals surface area contributed by atoms with Crippen molar-refractivity contribution in [1.82, 2.24) is 15.2 Å². The highest BCUT2D eigenvalue weighted by molar-refractivity contribution is 6.30. The number of nitrogens with one attached hydrogen (secondary N) is 2. The molecular formula is C10H7ClF2N4O2. The molecule has 2 N–H and O–H groups in total. The summed E-state index contributed by atoms with van der Waals surface area (Å²) in [5, 5.41) is 7.71. The van der Waals surface area contributed by atoms with E-state index >= 15 is 0 Å². The maximum atomic E-state index is 13.5. The molecule has 0 aliphatic heterocycles. The lowest BCUT2D eigenvalue weighted by molar-refractivity contribution is 0.102. The average Bonchev–Trinajstić information content (AvgIpc) is 2.81. The lowest BCUT2D eigenvalue weighted by atomic mass is 10.2. The van der Waals surface area contributed by atoms with E-state index in [-0.39, 0.29) is 12.0 Å². The number of nitrogens with zero attached hydrogens (tertiary/aromatic N) is 2. The number of rotatable bonds is 3. The number of hydrogen-bond acceptors (Lipinski definition) is 4. The Morgan fingerprint density at radius 1 is 1.42 bits per heavy atom. The van der Waals surface area contributed by atoms with Gasteiger partial charge in [0.25, 0.3) is 5.91 Å². The number of H-pyrrole nitrogens is 1. The molecule has 0 bridgehead atoms. The Hall–Kier alpha value is -2.22. The van der Waals surface area contributed by atoms with Gasteiger partial charge < -0.3 is 4.74 Å². The summed E-state index contributed by atoms with van der Waals surface area (Å²) >= 11 is 5.38. The van der Waals surface area contributed by atoms with Crippen LogP contribution in [0.3, 0.4) is 0 Å². The van der Waals surface area contributed by atoms with Gasteiger partial charge in [-0.15, -0.1) is 5.10 Å². The van der Waals surface area contributed by atoms with Gasteiger partial charge in [0.2, 0.25) is 5.95 Å². The summed E-state index contributed by atoms with van der Waals surface area (Å²) in [7, 11) is 1.34. The molecule has 0 fully saturated rings. The first-order valence-electron chi connectivity index (χ1n) is 4.93. The van der Waals surface area contributed by atoms with Gasteiger partial charge in [0.15, 0.2) is 0 Å².